The lowest BCUT2D eigenvalue weighted by Crippen LogP contribution is -2.36. The van der Waals surface area contributed by atoms with E-state index in [1.54, 1.807) is 6.08 Å². The van der Waals surface area contributed by atoms with Gasteiger partial charge in [0.25, 0.3) is 0 Å². The van der Waals surface area contributed by atoms with Gasteiger partial charge in [-0.3, -0.25) is 9.59 Å². The topological polar surface area (TPSA) is 160 Å². The van der Waals surface area contributed by atoms with Crippen LogP contribution >= 0.6 is 11.8 Å². The summed E-state index contributed by atoms with van der Waals surface area (Å²) in [6.45, 7) is 3.44. The molecule has 10 nitrogen and oxygen atoms in total. The molecule has 0 bridgehead atoms. The second kappa shape index (κ2) is 21.7. The highest BCUT2D eigenvalue weighted by Gasteiger charge is 2.42. The van der Waals surface area contributed by atoms with Gasteiger partial charge in [0, 0.05) is 49.3 Å². The predicted octanol–water partition coefficient (Wildman–Crippen LogP) is 4.09. The smallest absolute Gasteiger partial charge is 0.315 e. The van der Waals surface area contributed by atoms with Crippen molar-refractivity contribution in [2.45, 2.75) is 145 Å². The van der Waals surface area contributed by atoms with E-state index < -0.39 is 18.3 Å². The zero-order valence-corrected chi connectivity index (χ0v) is 28.7. The standard InChI is InChI=1S/C35H60N4O6S/c1-2-3-7-14-25(40)19-20-27-26(29(41)23-30(27)42)15-8-4-5-9-17-32(43)36-21-12-6-13-22-37-33(44)18-11-10-16-31-34-28(24-46-31)38-35(45)39-34/h4,8,19-20,25-31,34,40-42H,2-3,5-7,9-18,21-24H2,1H3,(H,36,43)(H,37,44)(H2,38,39,45). The monoisotopic (exact) mass is 664 g/mol. The van der Waals surface area contributed by atoms with Crippen molar-refractivity contribution in [2.75, 3.05) is 18.8 Å². The lowest BCUT2D eigenvalue weighted by atomic mass is 9.89. The van der Waals surface area contributed by atoms with Crippen LogP contribution < -0.4 is 21.3 Å². The number of aliphatic hydroxyl groups excluding tert-OH is 3. The molecule has 1 aliphatic carbocycles. The number of carbonyl (C=O) groups excluding carboxylic acids is 3. The first-order chi connectivity index (χ1) is 22.3. The van der Waals surface area contributed by atoms with Gasteiger partial charge < -0.3 is 36.6 Å². The zero-order chi connectivity index (χ0) is 33.1. The van der Waals surface area contributed by atoms with Crippen LogP contribution in [-0.4, -0.2) is 87.7 Å². The van der Waals surface area contributed by atoms with Gasteiger partial charge in [-0.25, -0.2) is 4.79 Å². The van der Waals surface area contributed by atoms with Gasteiger partial charge in [-0.15, -0.1) is 0 Å². The third-order valence-electron chi connectivity index (χ3n) is 9.50. The number of amides is 4. The predicted molar refractivity (Wildman–Crippen MR) is 184 cm³/mol. The van der Waals surface area contributed by atoms with Crippen molar-refractivity contribution in [3.8, 4) is 0 Å². The van der Waals surface area contributed by atoms with E-state index in [2.05, 4.69) is 34.3 Å². The van der Waals surface area contributed by atoms with Gasteiger partial charge in [0.2, 0.25) is 11.8 Å². The van der Waals surface area contributed by atoms with Gasteiger partial charge in [0.15, 0.2) is 0 Å². The fourth-order valence-electron chi connectivity index (χ4n) is 6.75. The largest absolute Gasteiger partial charge is 0.393 e. The first-order valence-electron chi connectivity index (χ1n) is 17.9. The number of urea groups is 1. The van der Waals surface area contributed by atoms with Gasteiger partial charge >= 0.3 is 6.03 Å². The molecule has 2 saturated heterocycles. The minimum atomic E-state index is -0.595. The molecule has 0 radical (unpaired) electrons. The van der Waals surface area contributed by atoms with E-state index in [4.69, 9.17) is 0 Å². The fourth-order valence-corrected chi connectivity index (χ4v) is 8.29. The number of carbonyl (C=O) groups is 3. The Labute approximate surface area is 280 Å². The van der Waals surface area contributed by atoms with Crippen molar-refractivity contribution in [2.24, 2.45) is 11.8 Å². The molecule has 3 rings (SSSR count). The maximum atomic E-state index is 12.2. The summed E-state index contributed by atoms with van der Waals surface area (Å²) in [5.41, 5.74) is 0. The number of aliphatic hydroxyl groups is 3. The molecule has 7 N–H and O–H groups in total. The van der Waals surface area contributed by atoms with Crippen molar-refractivity contribution in [1.29, 1.82) is 0 Å². The van der Waals surface area contributed by atoms with Gasteiger partial charge in [-0.1, -0.05) is 56.9 Å². The Bertz CT molecular complexity index is 981. The van der Waals surface area contributed by atoms with E-state index in [9.17, 15) is 29.7 Å². The first kappa shape index (κ1) is 38.4. The average Bonchev–Trinajstić information content (AvgIpc) is 3.66. The number of hydrogen-bond donors (Lipinski definition) is 7. The maximum absolute atomic E-state index is 12.2. The van der Waals surface area contributed by atoms with Crippen molar-refractivity contribution >= 4 is 29.6 Å². The normalized spacial score (nSPS) is 28.0. The van der Waals surface area contributed by atoms with Crippen LogP contribution in [0.4, 0.5) is 4.79 Å². The molecular weight excluding hydrogens is 604 g/mol. The molecule has 11 heteroatoms. The summed E-state index contributed by atoms with van der Waals surface area (Å²) in [5.74, 6) is 0.875. The molecule has 262 valence electrons. The number of fused-ring (bicyclic) bond motifs is 1. The number of unbranched alkanes of at least 4 members (excludes halogenated alkanes) is 6. The molecule has 0 aromatic rings. The van der Waals surface area contributed by atoms with Crippen molar-refractivity contribution in [1.82, 2.24) is 21.3 Å². The van der Waals surface area contributed by atoms with Crippen LogP contribution in [0.5, 0.6) is 0 Å². The van der Waals surface area contributed by atoms with E-state index in [-0.39, 0.29) is 41.8 Å². The van der Waals surface area contributed by atoms with Crippen LogP contribution in [0.3, 0.4) is 0 Å². The summed E-state index contributed by atoms with van der Waals surface area (Å²) in [6, 6.07) is 0.414. The minimum absolute atomic E-state index is 0.0526. The van der Waals surface area contributed by atoms with E-state index in [1.165, 1.54) is 0 Å². The summed E-state index contributed by atoms with van der Waals surface area (Å²) >= 11 is 1.91. The van der Waals surface area contributed by atoms with Crippen LogP contribution in [0.2, 0.25) is 0 Å². The Kier molecular flexibility index (Phi) is 18.1. The van der Waals surface area contributed by atoms with Crippen LogP contribution in [-0.2, 0) is 9.59 Å². The molecule has 0 aromatic carbocycles. The third kappa shape index (κ3) is 14.0. The summed E-state index contributed by atoms with van der Waals surface area (Å²) in [4.78, 5) is 35.8. The molecule has 1 saturated carbocycles. The number of rotatable bonds is 23. The minimum Gasteiger partial charge on any atom is -0.393 e. The van der Waals surface area contributed by atoms with Crippen LogP contribution in [0.15, 0.2) is 24.3 Å². The Balaban J connectivity index is 1.13. The molecule has 2 heterocycles. The second-order valence-electron chi connectivity index (χ2n) is 13.3. The number of nitrogens with one attached hydrogen (secondary N) is 4. The fraction of sp³-hybridized carbons (Fsp3) is 0.800. The van der Waals surface area contributed by atoms with Crippen molar-refractivity contribution in [3.05, 3.63) is 24.3 Å². The molecule has 0 spiro atoms. The molecule has 4 amide bonds. The molecule has 3 aliphatic rings. The summed E-state index contributed by atoms with van der Waals surface area (Å²) in [7, 11) is 0. The summed E-state index contributed by atoms with van der Waals surface area (Å²) in [6.07, 6.45) is 19.2. The van der Waals surface area contributed by atoms with Gasteiger partial charge in [-0.2, -0.15) is 11.8 Å². The molecule has 8 atom stereocenters. The van der Waals surface area contributed by atoms with E-state index in [1.807, 2.05) is 23.9 Å². The summed E-state index contributed by atoms with van der Waals surface area (Å²) in [5, 5.41) is 43.4. The van der Waals surface area contributed by atoms with Crippen LogP contribution in [0, 0.1) is 11.8 Å². The van der Waals surface area contributed by atoms with Crippen molar-refractivity contribution in [3.63, 3.8) is 0 Å². The van der Waals surface area contributed by atoms with E-state index >= 15 is 0 Å². The SMILES string of the molecule is CCCCCC(O)C=CC1C(O)CC(O)C1CC=CCCCC(=O)NCCCCCNC(=O)CCCCC1SCC2NC(=O)NC21. The lowest BCUT2D eigenvalue weighted by molar-refractivity contribution is -0.121. The highest BCUT2D eigenvalue weighted by Crippen LogP contribution is 2.36. The number of hydrogen-bond acceptors (Lipinski definition) is 7. The molecule has 0 aromatic heterocycles. The molecule has 8 unspecified atom stereocenters. The van der Waals surface area contributed by atoms with Crippen molar-refractivity contribution < 1.29 is 29.7 Å². The zero-order valence-electron chi connectivity index (χ0n) is 27.8. The molecular formula is C35H60N4O6S. The Hall–Kier alpha value is -2.08. The molecule has 46 heavy (non-hydrogen) atoms. The highest BCUT2D eigenvalue weighted by atomic mass is 32.2. The third-order valence-corrected chi connectivity index (χ3v) is 11.0. The molecule has 3 fully saturated rings. The number of thioether (sulfide) groups is 1. The first-order valence-corrected chi connectivity index (χ1v) is 18.9. The van der Waals surface area contributed by atoms with Crippen LogP contribution in [0.1, 0.15) is 110 Å². The highest BCUT2D eigenvalue weighted by molar-refractivity contribution is 8.00. The summed E-state index contributed by atoms with van der Waals surface area (Å²) < 4.78 is 0. The Morgan fingerprint density at radius 3 is 2.41 bits per heavy atom. The number of allylic oxidation sites excluding steroid dienone is 2. The quantitative estimate of drug-likeness (QED) is 0.0492. The van der Waals surface area contributed by atoms with E-state index in [0.29, 0.717) is 44.0 Å². The van der Waals surface area contributed by atoms with Gasteiger partial charge in [0.05, 0.1) is 30.4 Å². The van der Waals surface area contributed by atoms with E-state index in [0.717, 1.165) is 82.8 Å². The maximum Gasteiger partial charge on any atom is 0.315 e. The molecule has 2 aliphatic heterocycles. The van der Waals surface area contributed by atoms with Gasteiger partial charge in [0.1, 0.15) is 0 Å². The average molecular weight is 665 g/mol. The van der Waals surface area contributed by atoms with Gasteiger partial charge in [-0.05, 0) is 63.7 Å². The second-order valence-corrected chi connectivity index (χ2v) is 14.6. The van der Waals surface area contributed by atoms with Crippen LogP contribution in [0.25, 0.3) is 0 Å². The lowest BCUT2D eigenvalue weighted by Gasteiger charge is -2.19. The Morgan fingerprint density at radius 1 is 0.935 bits per heavy atom. The Morgan fingerprint density at radius 2 is 1.67 bits per heavy atom.